The number of ether oxygens (including phenoxy) is 1. The van der Waals surface area contributed by atoms with E-state index in [1.54, 1.807) is 0 Å². The summed E-state index contributed by atoms with van der Waals surface area (Å²) in [7, 11) is 0. The van der Waals surface area contributed by atoms with Gasteiger partial charge >= 0.3 is 5.97 Å². The Kier molecular flexibility index (Phi) is 6.11. The zero-order chi connectivity index (χ0) is 8.10. The fourth-order valence-corrected chi connectivity index (χ4v) is 1.34. The fraction of sp³-hybridized carbons (Fsp3) is 0.875. The van der Waals surface area contributed by atoms with Crippen LogP contribution in [0.3, 0.4) is 0 Å². The molecule has 0 spiro atoms. The maximum atomic E-state index is 10.9. The van der Waals surface area contributed by atoms with Crippen LogP contribution in [0.25, 0.3) is 0 Å². The van der Waals surface area contributed by atoms with E-state index in [4.69, 9.17) is 4.74 Å². The molecule has 1 aliphatic rings. The molecular weight excluding hydrogens is 178 g/mol. The molecule has 0 aliphatic carbocycles. The highest BCUT2D eigenvalue weighted by Gasteiger charge is 2.18. The molecule has 0 bridgehead atoms. The number of hydrogen-bond acceptors (Lipinski definition) is 3. The molecule has 0 aromatic heterocycles. The first-order chi connectivity index (χ1) is 5.33. The molecule has 72 valence electrons. The molecule has 1 rings (SSSR count). The first kappa shape index (κ1) is 11.7. The molecule has 3 nitrogen and oxygen atoms in total. The van der Waals surface area contributed by atoms with Crippen molar-refractivity contribution in [2.45, 2.75) is 19.8 Å². The highest BCUT2D eigenvalue weighted by molar-refractivity contribution is 5.85. The molecule has 1 N–H and O–H groups in total. The van der Waals surface area contributed by atoms with E-state index in [9.17, 15) is 4.79 Å². The van der Waals surface area contributed by atoms with Crippen molar-refractivity contribution in [1.29, 1.82) is 0 Å². The highest BCUT2D eigenvalue weighted by Crippen LogP contribution is 2.12. The summed E-state index contributed by atoms with van der Waals surface area (Å²) in [5.41, 5.74) is 0. The van der Waals surface area contributed by atoms with Gasteiger partial charge in [-0.05, 0) is 32.4 Å². The van der Waals surface area contributed by atoms with Crippen LogP contribution >= 0.6 is 12.4 Å². The van der Waals surface area contributed by atoms with Gasteiger partial charge in [0.1, 0.15) is 0 Å². The van der Waals surface area contributed by atoms with E-state index < -0.39 is 0 Å². The van der Waals surface area contributed by atoms with Crippen LogP contribution in [-0.4, -0.2) is 25.7 Å². The molecule has 4 heteroatoms. The summed E-state index contributed by atoms with van der Waals surface area (Å²) in [4.78, 5) is 10.9. The smallest absolute Gasteiger partial charge is 0.306 e. The molecule has 1 aliphatic heterocycles. The molecule has 0 aromatic carbocycles. The van der Waals surface area contributed by atoms with Crippen molar-refractivity contribution in [3.8, 4) is 0 Å². The van der Waals surface area contributed by atoms with Crippen molar-refractivity contribution in [3.63, 3.8) is 0 Å². The van der Waals surface area contributed by atoms with Crippen molar-refractivity contribution in [2.75, 3.05) is 19.7 Å². The van der Waals surface area contributed by atoms with Crippen molar-refractivity contribution in [2.24, 2.45) is 5.92 Å². The summed E-state index contributed by atoms with van der Waals surface area (Å²) >= 11 is 0. The minimum atomic E-state index is -0.0544. The third-order valence-corrected chi connectivity index (χ3v) is 1.92. The van der Waals surface area contributed by atoms with E-state index in [1.807, 2.05) is 6.92 Å². The highest BCUT2D eigenvalue weighted by atomic mass is 35.5. The van der Waals surface area contributed by atoms with Gasteiger partial charge in [-0.2, -0.15) is 0 Å². The molecule has 0 radical (unpaired) electrons. The van der Waals surface area contributed by atoms with E-state index in [0.717, 1.165) is 19.5 Å². The summed E-state index contributed by atoms with van der Waals surface area (Å²) < 4.78 is 4.84. The standard InChI is InChI=1S/C8H15NO2.ClH/c1-2-11-8(10)5-7-3-4-9-6-7;/h7,9H,2-6H2,1H3;1H/t7-;/m1./s1. The monoisotopic (exact) mass is 193 g/mol. The number of esters is 1. The Morgan fingerprint density at radius 3 is 2.92 bits per heavy atom. The lowest BCUT2D eigenvalue weighted by molar-refractivity contribution is -0.144. The topological polar surface area (TPSA) is 38.3 Å². The van der Waals surface area contributed by atoms with Gasteiger partial charge in [0.15, 0.2) is 0 Å². The number of carbonyl (C=O) groups excluding carboxylic acids is 1. The molecule has 0 amide bonds. The van der Waals surface area contributed by atoms with Gasteiger partial charge in [-0.1, -0.05) is 0 Å². The lowest BCUT2D eigenvalue weighted by atomic mass is 10.1. The zero-order valence-corrected chi connectivity index (χ0v) is 8.15. The van der Waals surface area contributed by atoms with Crippen LogP contribution in [0.1, 0.15) is 19.8 Å². The van der Waals surface area contributed by atoms with E-state index in [1.165, 1.54) is 0 Å². The minimum absolute atomic E-state index is 0. The second-order valence-corrected chi connectivity index (χ2v) is 2.87. The van der Waals surface area contributed by atoms with Gasteiger partial charge in [0.05, 0.1) is 6.61 Å². The molecule has 12 heavy (non-hydrogen) atoms. The first-order valence-electron chi connectivity index (χ1n) is 4.19. The van der Waals surface area contributed by atoms with E-state index in [0.29, 0.717) is 18.9 Å². The van der Waals surface area contributed by atoms with Gasteiger partial charge < -0.3 is 10.1 Å². The van der Waals surface area contributed by atoms with E-state index in [-0.39, 0.29) is 18.4 Å². The van der Waals surface area contributed by atoms with Crippen LogP contribution in [0.4, 0.5) is 0 Å². The Labute approximate surface area is 79.3 Å². The number of rotatable bonds is 3. The van der Waals surface area contributed by atoms with Crippen LogP contribution in [0.2, 0.25) is 0 Å². The normalized spacial score (nSPS) is 21.6. The van der Waals surface area contributed by atoms with E-state index >= 15 is 0 Å². The van der Waals surface area contributed by atoms with Crippen molar-refractivity contribution < 1.29 is 9.53 Å². The molecule has 0 unspecified atom stereocenters. The van der Waals surface area contributed by atoms with Crippen LogP contribution in [0, 0.1) is 5.92 Å². The second kappa shape index (κ2) is 6.26. The van der Waals surface area contributed by atoms with Gasteiger partial charge in [0.2, 0.25) is 0 Å². The lowest BCUT2D eigenvalue weighted by Crippen LogP contribution is -2.14. The molecule has 1 saturated heterocycles. The molecule has 1 atom stereocenters. The molecule has 0 aromatic rings. The molecule has 0 saturated carbocycles. The van der Waals surface area contributed by atoms with Gasteiger partial charge in [-0.15, -0.1) is 12.4 Å². The first-order valence-corrected chi connectivity index (χ1v) is 4.19. The Morgan fingerprint density at radius 1 is 1.67 bits per heavy atom. The maximum absolute atomic E-state index is 10.9. The van der Waals surface area contributed by atoms with Crippen LogP contribution < -0.4 is 5.32 Å². The van der Waals surface area contributed by atoms with Gasteiger partial charge in [0, 0.05) is 6.42 Å². The number of halogens is 1. The van der Waals surface area contributed by atoms with Gasteiger partial charge in [0.25, 0.3) is 0 Å². The number of nitrogens with one attached hydrogen (secondary N) is 1. The number of hydrogen-bond donors (Lipinski definition) is 1. The zero-order valence-electron chi connectivity index (χ0n) is 7.34. The summed E-state index contributed by atoms with van der Waals surface area (Å²) in [5.74, 6) is 0.454. The summed E-state index contributed by atoms with van der Waals surface area (Å²) in [6.07, 6.45) is 1.69. The van der Waals surface area contributed by atoms with Crippen molar-refractivity contribution in [3.05, 3.63) is 0 Å². The fourth-order valence-electron chi connectivity index (χ4n) is 1.34. The molecular formula is C8H16ClNO2. The predicted molar refractivity (Wildman–Crippen MR) is 49.5 cm³/mol. The molecule has 1 fully saturated rings. The van der Waals surface area contributed by atoms with E-state index in [2.05, 4.69) is 5.32 Å². The average Bonchev–Trinajstić information content (AvgIpc) is 2.40. The predicted octanol–water partition coefficient (Wildman–Crippen LogP) is 0.971. The Balaban J connectivity index is 0.00000121. The average molecular weight is 194 g/mol. The quantitative estimate of drug-likeness (QED) is 0.679. The lowest BCUT2D eigenvalue weighted by Gasteiger charge is -2.06. The van der Waals surface area contributed by atoms with Gasteiger partial charge in [-0.25, -0.2) is 0 Å². The summed E-state index contributed by atoms with van der Waals surface area (Å²) in [6, 6.07) is 0. The third-order valence-electron chi connectivity index (χ3n) is 1.92. The van der Waals surface area contributed by atoms with Crippen LogP contribution in [-0.2, 0) is 9.53 Å². The van der Waals surface area contributed by atoms with Crippen molar-refractivity contribution >= 4 is 18.4 Å². The number of carbonyl (C=O) groups is 1. The summed E-state index contributed by atoms with van der Waals surface area (Å²) in [6.45, 7) is 4.35. The van der Waals surface area contributed by atoms with Crippen molar-refractivity contribution in [1.82, 2.24) is 5.32 Å². The molecule has 1 heterocycles. The maximum Gasteiger partial charge on any atom is 0.306 e. The summed E-state index contributed by atoms with van der Waals surface area (Å²) in [5, 5.41) is 3.21. The SMILES string of the molecule is CCOC(=O)C[C@H]1CCNC1.Cl. The Morgan fingerprint density at radius 2 is 2.42 bits per heavy atom. The minimum Gasteiger partial charge on any atom is -0.466 e. The Hall–Kier alpha value is -0.280. The van der Waals surface area contributed by atoms with Gasteiger partial charge in [-0.3, -0.25) is 4.79 Å². The largest absolute Gasteiger partial charge is 0.466 e. The Bertz CT molecular complexity index is 135. The third kappa shape index (κ3) is 3.93. The van der Waals surface area contributed by atoms with Crippen LogP contribution in [0.5, 0.6) is 0 Å². The second-order valence-electron chi connectivity index (χ2n) is 2.87. The van der Waals surface area contributed by atoms with Crippen LogP contribution in [0.15, 0.2) is 0 Å².